The minimum atomic E-state index is -0.193. The number of nitrogens with zero attached hydrogens (tertiary/aromatic N) is 2. The molecule has 0 saturated carbocycles. The van der Waals surface area contributed by atoms with E-state index in [1.807, 2.05) is 30.0 Å². The molecular formula is C18H21N3O2S. The van der Waals surface area contributed by atoms with E-state index in [4.69, 9.17) is 0 Å². The summed E-state index contributed by atoms with van der Waals surface area (Å²) in [6, 6.07) is 13.5. The lowest BCUT2D eigenvalue weighted by Gasteiger charge is -2.17. The largest absolute Gasteiger partial charge is 0.324 e. The number of benzene rings is 1. The van der Waals surface area contributed by atoms with Crippen molar-refractivity contribution in [2.45, 2.75) is 11.3 Å². The number of hydrogen-bond acceptors (Lipinski definition) is 3. The highest BCUT2D eigenvalue weighted by molar-refractivity contribution is 7.99. The molecule has 2 heterocycles. The van der Waals surface area contributed by atoms with E-state index in [9.17, 15) is 9.59 Å². The second-order valence-corrected chi connectivity index (χ2v) is 7.09. The first kappa shape index (κ1) is 16.6. The summed E-state index contributed by atoms with van der Waals surface area (Å²) in [6.07, 6.45) is 2.67. The molecule has 1 aliphatic rings. The van der Waals surface area contributed by atoms with Crippen molar-refractivity contribution in [3.8, 4) is 0 Å². The fourth-order valence-corrected chi connectivity index (χ4v) is 3.82. The molecular weight excluding hydrogens is 322 g/mol. The number of aromatic nitrogens is 1. The van der Waals surface area contributed by atoms with Gasteiger partial charge < -0.3 is 14.8 Å². The van der Waals surface area contributed by atoms with Gasteiger partial charge in [-0.1, -0.05) is 18.2 Å². The van der Waals surface area contributed by atoms with Crippen LogP contribution in [0.1, 0.15) is 6.42 Å². The summed E-state index contributed by atoms with van der Waals surface area (Å²) in [7, 11) is 1.67. The predicted molar refractivity (Wildman–Crippen MR) is 97.5 cm³/mol. The van der Waals surface area contributed by atoms with E-state index >= 15 is 0 Å². The van der Waals surface area contributed by atoms with Crippen LogP contribution in [0.4, 0.5) is 10.5 Å². The lowest BCUT2D eigenvalue weighted by Crippen LogP contribution is -2.35. The second-order valence-electron chi connectivity index (χ2n) is 5.99. The van der Waals surface area contributed by atoms with Crippen molar-refractivity contribution in [2.24, 2.45) is 13.0 Å². The highest BCUT2D eigenvalue weighted by Crippen LogP contribution is 2.26. The topological polar surface area (TPSA) is 54.3 Å². The number of rotatable bonds is 4. The monoisotopic (exact) mass is 343 g/mol. The molecule has 2 aromatic rings. The summed E-state index contributed by atoms with van der Waals surface area (Å²) >= 11 is 1.83. The first-order valence-corrected chi connectivity index (χ1v) is 9.01. The SMILES string of the molecule is Cn1cccc(NC(=O)N2CC[C@@H](CSc3ccccc3)C2)c1=O. The van der Waals surface area contributed by atoms with Crippen LogP contribution in [0.15, 0.2) is 58.4 Å². The second kappa shape index (κ2) is 7.57. The van der Waals surface area contributed by atoms with Crippen molar-refractivity contribution in [3.05, 3.63) is 59.0 Å². The maximum absolute atomic E-state index is 12.4. The van der Waals surface area contributed by atoms with E-state index in [1.54, 1.807) is 30.3 Å². The Morgan fingerprint density at radius 2 is 2.04 bits per heavy atom. The van der Waals surface area contributed by atoms with Gasteiger partial charge in [-0.3, -0.25) is 4.79 Å². The average Bonchev–Trinajstić information content (AvgIpc) is 3.07. The molecule has 1 N–H and O–H groups in total. The summed E-state index contributed by atoms with van der Waals surface area (Å²) < 4.78 is 1.46. The normalized spacial score (nSPS) is 17.0. The number of urea groups is 1. The number of carbonyl (C=O) groups is 1. The van der Waals surface area contributed by atoms with Crippen LogP contribution in [0.2, 0.25) is 0 Å². The predicted octanol–water partition coefficient (Wildman–Crippen LogP) is 3.03. The number of likely N-dealkylation sites (tertiary alicyclic amines) is 1. The maximum Gasteiger partial charge on any atom is 0.322 e. The number of anilines is 1. The highest BCUT2D eigenvalue weighted by Gasteiger charge is 2.26. The number of amides is 2. The minimum Gasteiger partial charge on any atom is -0.324 e. The highest BCUT2D eigenvalue weighted by atomic mass is 32.2. The van der Waals surface area contributed by atoms with E-state index in [2.05, 4.69) is 17.4 Å². The molecule has 1 fully saturated rings. The summed E-state index contributed by atoms with van der Waals surface area (Å²) in [5, 5.41) is 2.73. The molecule has 5 nitrogen and oxygen atoms in total. The van der Waals surface area contributed by atoms with Gasteiger partial charge in [-0.15, -0.1) is 11.8 Å². The van der Waals surface area contributed by atoms with Gasteiger partial charge in [0.25, 0.3) is 5.56 Å². The molecule has 0 bridgehead atoms. The van der Waals surface area contributed by atoms with Crippen molar-refractivity contribution < 1.29 is 4.79 Å². The molecule has 0 radical (unpaired) electrons. The summed E-state index contributed by atoms with van der Waals surface area (Å²) in [5.74, 6) is 1.49. The van der Waals surface area contributed by atoms with Crippen molar-refractivity contribution >= 4 is 23.5 Å². The Morgan fingerprint density at radius 3 is 2.83 bits per heavy atom. The van der Waals surface area contributed by atoms with Gasteiger partial charge in [0.15, 0.2) is 0 Å². The van der Waals surface area contributed by atoms with Gasteiger partial charge in [0.1, 0.15) is 5.69 Å². The van der Waals surface area contributed by atoms with E-state index in [0.717, 1.165) is 25.3 Å². The summed E-state index contributed by atoms with van der Waals surface area (Å²) in [6.45, 7) is 1.47. The average molecular weight is 343 g/mol. The smallest absolute Gasteiger partial charge is 0.322 e. The number of carbonyl (C=O) groups excluding carboxylic acids is 1. The van der Waals surface area contributed by atoms with Gasteiger partial charge >= 0.3 is 6.03 Å². The Kier molecular flexibility index (Phi) is 5.25. The molecule has 1 aromatic carbocycles. The standard InChI is InChI=1S/C18H21N3O2S/c1-20-10-5-8-16(17(20)22)19-18(23)21-11-9-14(12-21)13-24-15-6-3-2-4-7-15/h2-8,10,14H,9,11-13H2,1H3,(H,19,23)/t14-/m1/s1. The number of aryl methyl sites for hydroxylation is 1. The third-order valence-electron chi connectivity index (χ3n) is 4.17. The van der Waals surface area contributed by atoms with Gasteiger partial charge in [-0.05, 0) is 36.6 Å². The van der Waals surface area contributed by atoms with Crippen LogP contribution in [-0.4, -0.2) is 34.3 Å². The number of thioether (sulfide) groups is 1. The van der Waals surface area contributed by atoms with Gasteiger partial charge in [-0.25, -0.2) is 4.79 Å². The lowest BCUT2D eigenvalue weighted by atomic mass is 10.2. The Balaban J connectivity index is 1.52. The minimum absolute atomic E-state index is 0.189. The van der Waals surface area contributed by atoms with Gasteiger partial charge in [0, 0.05) is 37.0 Å². The van der Waals surface area contributed by atoms with E-state index in [1.165, 1.54) is 9.46 Å². The van der Waals surface area contributed by atoms with Crippen LogP contribution in [0.3, 0.4) is 0 Å². The third-order valence-corrected chi connectivity index (χ3v) is 5.41. The van der Waals surface area contributed by atoms with Crippen LogP contribution < -0.4 is 10.9 Å². The number of pyridine rings is 1. The first-order valence-electron chi connectivity index (χ1n) is 8.03. The molecule has 2 amide bonds. The molecule has 1 aromatic heterocycles. The van der Waals surface area contributed by atoms with E-state index in [0.29, 0.717) is 11.6 Å². The van der Waals surface area contributed by atoms with Crippen LogP contribution in [0.25, 0.3) is 0 Å². The molecule has 3 rings (SSSR count). The van der Waals surface area contributed by atoms with Crippen molar-refractivity contribution in [2.75, 3.05) is 24.2 Å². The van der Waals surface area contributed by atoms with E-state index in [-0.39, 0.29) is 11.6 Å². The van der Waals surface area contributed by atoms with Crippen LogP contribution in [-0.2, 0) is 7.05 Å². The number of hydrogen-bond donors (Lipinski definition) is 1. The molecule has 0 spiro atoms. The maximum atomic E-state index is 12.4. The summed E-state index contributed by atoms with van der Waals surface area (Å²) in [5.41, 5.74) is 0.133. The zero-order valence-corrected chi connectivity index (χ0v) is 14.5. The molecule has 126 valence electrons. The van der Waals surface area contributed by atoms with Crippen LogP contribution in [0.5, 0.6) is 0 Å². The zero-order valence-electron chi connectivity index (χ0n) is 13.6. The Labute approximate surface area is 145 Å². The Hall–Kier alpha value is -2.21. The lowest BCUT2D eigenvalue weighted by molar-refractivity contribution is 0.221. The van der Waals surface area contributed by atoms with Gasteiger partial charge in [-0.2, -0.15) is 0 Å². The molecule has 1 aliphatic heterocycles. The van der Waals surface area contributed by atoms with Crippen LogP contribution >= 0.6 is 11.8 Å². The summed E-state index contributed by atoms with van der Waals surface area (Å²) in [4.78, 5) is 27.4. The number of nitrogens with one attached hydrogen (secondary N) is 1. The quantitative estimate of drug-likeness (QED) is 0.868. The first-order chi connectivity index (χ1) is 11.6. The Morgan fingerprint density at radius 1 is 1.25 bits per heavy atom. The van der Waals surface area contributed by atoms with E-state index < -0.39 is 0 Å². The molecule has 6 heteroatoms. The third kappa shape index (κ3) is 4.00. The van der Waals surface area contributed by atoms with Gasteiger partial charge in [0.2, 0.25) is 0 Å². The van der Waals surface area contributed by atoms with Crippen LogP contribution in [0, 0.1) is 5.92 Å². The Bertz CT molecular complexity index is 760. The molecule has 24 heavy (non-hydrogen) atoms. The molecule has 1 saturated heterocycles. The molecule has 0 aliphatic carbocycles. The van der Waals surface area contributed by atoms with Crippen molar-refractivity contribution in [1.82, 2.24) is 9.47 Å². The zero-order chi connectivity index (χ0) is 16.9. The van der Waals surface area contributed by atoms with Crippen molar-refractivity contribution in [1.29, 1.82) is 0 Å². The fourth-order valence-electron chi connectivity index (χ4n) is 2.77. The van der Waals surface area contributed by atoms with Crippen molar-refractivity contribution in [3.63, 3.8) is 0 Å². The molecule has 1 atom stereocenters. The fraction of sp³-hybridized carbons (Fsp3) is 0.333. The van der Waals surface area contributed by atoms with Gasteiger partial charge in [0.05, 0.1) is 0 Å². The molecule has 0 unspecified atom stereocenters.